The number of hydrogen-bond acceptors (Lipinski definition) is 2. The van der Waals surface area contributed by atoms with Crippen LogP contribution in [0.5, 0.6) is 5.75 Å². The standard InChI is InChI=1S/C15H15FO2/c1-2-18-13-10-6-9-12(14(13)16)15(17)11-7-4-3-5-8-11/h3-10,15,17H,2H2,1H3. The second-order valence-electron chi connectivity index (χ2n) is 3.91. The van der Waals surface area contributed by atoms with E-state index in [4.69, 9.17) is 4.74 Å². The molecule has 2 nitrogen and oxygen atoms in total. The van der Waals surface area contributed by atoms with E-state index in [0.29, 0.717) is 12.2 Å². The summed E-state index contributed by atoms with van der Waals surface area (Å²) in [5, 5.41) is 10.2. The fraction of sp³-hybridized carbons (Fsp3) is 0.200. The summed E-state index contributed by atoms with van der Waals surface area (Å²) in [7, 11) is 0. The molecule has 0 amide bonds. The summed E-state index contributed by atoms with van der Waals surface area (Å²) >= 11 is 0. The smallest absolute Gasteiger partial charge is 0.171 e. The number of rotatable bonds is 4. The summed E-state index contributed by atoms with van der Waals surface area (Å²) in [6.45, 7) is 2.18. The average molecular weight is 246 g/mol. The maximum absolute atomic E-state index is 14.1. The molecule has 0 fully saturated rings. The van der Waals surface area contributed by atoms with Crippen molar-refractivity contribution in [2.24, 2.45) is 0 Å². The summed E-state index contributed by atoms with van der Waals surface area (Å²) < 4.78 is 19.3. The molecule has 0 saturated carbocycles. The van der Waals surface area contributed by atoms with Gasteiger partial charge < -0.3 is 9.84 Å². The lowest BCUT2D eigenvalue weighted by Gasteiger charge is -2.14. The van der Waals surface area contributed by atoms with E-state index in [0.717, 1.165) is 0 Å². The Morgan fingerprint density at radius 1 is 1.11 bits per heavy atom. The Balaban J connectivity index is 2.36. The predicted molar refractivity (Wildman–Crippen MR) is 68.1 cm³/mol. The Morgan fingerprint density at radius 3 is 2.50 bits per heavy atom. The lowest BCUT2D eigenvalue weighted by Crippen LogP contribution is -2.04. The largest absolute Gasteiger partial charge is 0.491 e. The first-order chi connectivity index (χ1) is 8.74. The second-order valence-corrected chi connectivity index (χ2v) is 3.91. The summed E-state index contributed by atoms with van der Waals surface area (Å²) in [6.07, 6.45) is -0.980. The number of benzene rings is 2. The van der Waals surface area contributed by atoms with Crippen molar-refractivity contribution in [2.45, 2.75) is 13.0 Å². The van der Waals surface area contributed by atoms with Crippen molar-refractivity contribution in [3.63, 3.8) is 0 Å². The van der Waals surface area contributed by atoms with E-state index < -0.39 is 11.9 Å². The molecule has 0 spiro atoms. The van der Waals surface area contributed by atoms with E-state index in [1.54, 1.807) is 37.3 Å². The van der Waals surface area contributed by atoms with Gasteiger partial charge in [0.05, 0.1) is 6.61 Å². The summed E-state index contributed by atoms with van der Waals surface area (Å²) in [6, 6.07) is 13.8. The van der Waals surface area contributed by atoms with Crippen molar-refractivity contribution in [1.82, 2.24) is 0 Å². The second kappa shape index (κ2) is 5.65. The van der Waals surface area contributed by atoms with Gasteiger partial charge in [-0.2, -0.15) is 0 Å². The van der Waals surface area contributed by atoms with Crippen LogP contribution in [0, 0.1) is 5.82 Å². The third-order valence-electron chi connectivity index (χ3n) is 2.70. The van der Waals surface area contributed by atoms with E-state index in [-0.39, 0.29) is 11.3 Å². The molecule has 0 saturated heterocycles. The summed E-state index contributed by atoms with van der Waals surface area (Å²) in [5.41, 5.74) is 0.886. The molecule has 1 unspecified atom stereocenters. The van der Waals surface area contributed by atoms with Crippen molar-refractivity contribution in [1.29, 1.82) is 0 Å². The quantitative estimate of drug-likeness (QED) is 0.896. The van der Waals surface area contributed by atoms with Crippen LogP contribution in [-0.2, 0) is 0 Å². The van der Waals surface area contributed by atoms with E-state index >= 15 is 0 Å². The molecule has 2 rings (SSSR count). The topological polar surface area (TPSA) is 29.5 Å². The zero-order valence-electron chi connectivity index (χ0n) is 10.1. The Kier molecular flexibility index (Phi) is 3.95. The molecule has 0 heterocycles. The van der Waals surface area contributed by atoms with Crippen molar-refractivity contribution in [3.8, 4) is 5.75 Å². The van der Waals surface area contributed by atoms with Crippen LogP contribution in [0.25, 0.3) is 0 Å². The molecule has 94 valence electrons. The molecule has 1 atom stereocenters. The van der Waals surface area contributed by atoms with Gasteiger partial charge in [-0.05, 0) is 18.6 Å². The zero-order valence-corrected chi connectivity index (χ0v) is 10.1. The van der Waals surface area contributed by atoms with Crippen molar-refractivity contribution in [3.05, 3.63) is 65.5 Å². The van der Waals surface area contributed by atoms with Crippen LogP contribution in [0.4, 0.5) is 4.39 Å². The van der Waals surface area contributed by atoms with Gasteiger partial charge in [0.2, 0.25) is 0 Å². The van der Waals surface area contributed by atoms with Gasteiger partial charge in [0, 0.05) is 5.56 Å². The molecule has 0 bridgehead atoms. The van der Waals surface area contributed by atoms with Gasteiger partial charge in [0.15, 0.2) is 11.6 Å². The highest BCUT2D eigenvalue weighted by atomic mass is 19.1. The van der Waals surface area contributed by atoms with Gasteiger partial charge in [-0.25, -0.2) is 4.39 Å². The molecule has 2 aromatic carbocycles. The maximum Gasteiger partial charge on any atom is 0.171 e. The third-order valence-corrected chi connectivity index (χ3v) is 2.70. The van der Waals surface area contributed by atoms with Gasteiger partial charge in [0.1, 0.15) is 6.10 Å². The highest BCUT2D eigenvalue weighted by Crippen LogP contribution is 2.29. The van der Waals surface area contributed by atoms with Gasteiger partial charge in [-0.15, -0.1) is 0 Å². The molecule has 0 aliphatic rings. The van der Waals surface area contributed by atoms with Crippen molar-refractivity contribution >= 4 is 0 Å². The van der Waals surface area contributed by atoms with Gasteiger partial charge in [0.25, 0.3) is 0 Å². The third kappa shape index (κ3) is 2.51. The number of aliphatic hydroxyl groups excluding tert-OH is 1. The molecular weight excluding hydrogens is 231 g/mol. The average Bonchev–Trinajstić information content (AvgIpc) is 2.42. The molecule has 1 N–H and O–H groups in total. The van der Waals surface area contributed by atoms with Gasteiger partial charge >= 0.3 is 0 Å². The minimum absolute atomic E-state index is 0.171. The summed E-state index contributed by atoms with van der Waals surface area (Å²) in [4.78, 5) is 0. The molecule has 2 aromatic rings. The Labute approximate surface area is 106 Å². The fourth-order valence-corrected chi connectivity index (χ4v) is 1.82. The first kappa shape index (κ1) is 12.6. The minimum atomic E-state index is -0.980. The predicted octanol–water partition coefficient (Wildman–Crippen LogP) is 3.31. The van der Waals surface area contributed by atoms with E-state index in [1.807, 2.05) is 18.2 Å². The number of hydrogen-bond donors (Lipinski definition) is 1. The Hall–Kier alpha value is -1.87. The van der Waals surface area contributed by atoms with E-state index in [1.165, 1.54) is 0 Å². The minimum Gasteiger partial charge on any atom is -0.491 e. The lowest BCUT2D eigenvalue weighted by molar-refractivity contribution is 0.212. The molecule has 18 heavy (non-hydrogen) atoms. The van der Waals surface area contributed by atoms with Crippen LogP contribution in [0.3, 0.4) is 0 Å². The van der Waals surface area contributed by atoms with Gasteiger partial charge in [-0.1, -0.05) is 42.5 Å². The number of ether oxygens (including phenoxy) is 1. The normalized spacial score (nSPS) is 12.2. The molecule has 0 aliphatic carbocycles. The Morgan fingerprint density at radius 2 is 1.83 bits per heavy atom. The zero-order chi connectivity index (χ0) is 13.0. The van der Waals surface area contributed by atoms with Crippen LogP contribution in [0.1, 0.15) is 24.2 Å². The highest BCUT2D eigenvalue weighted by molar-refractivity contribution is 5.37. The molecule has 0 radical (unpaired) electrons. The van der Waals surface area contributed by atoms with Crippen LogP contribution < -0.4 is 4.74 Å². The van der Waals surface area contributed by atoms with Crippen molar-refractivity contribution in [2.75, 3.05) is 6.61 Å². The highest BCUT2D eigenvalue weighted by Gasteiger charge is 2.17. The van der Waals surface area contributed by atoms with Crippen molar-refractivity contribution < 1.29 is 14.2 Å². The lowest BCUT2D eigenvalue weighted by atomic mass is 10.0. The molecular formula is C15H15FO2. The maximum atomic E-state index is 14.1. The Bertz CT molecular complexity index is 511. The summed E-state index contributed by atoms with van der Waals surface area (Å²) in [5.74, 6) is -0.333. The monoisotopic (exact) mass is 246 g/mol. The molecule has 0 aliphatic heterocycles. The van der Waals surface area contributed by atoms with Crippen LogP contribution in [-0.4, -0.2) is 11.7 Å². The van der Waals surface area contributed by atoms with E-state index in [2.05, 4.69) is 0 Å². The van der Waals surface area contributed by atoms with Crippen LogP contribution >= 0.6 is 0 Å². The molecule has 0 aromatic heterocycles. The molecule has 3 heteroatoms. The van der Waals surface area contributed by atoms with Crippen LogP contribution in [0.2, 0.25) is 0 Å². The fourth-order valence-electron chi connectivity index (χ4n) is 1.82. The number of aliphatic hydroxyl groups is 1. The first-order valence-corrected chi connectivity index (χ1v) is 5.88. The van der Waals surface area contributed by atoms with Gasteiger partial charge in [-0.3, -0.25) is 0 Å². The van der Waals surface area contributed by atoms with E-state index in [9.17, 15) is 9.50 Å². The SMILES string of the molecule is CCOc1cccc(C(O)c2ccccc2)c1F. The van der Waals surface area contributed by atoms with Crippen LogP contribution in [0.15, 0.2) is 48.5 Å². The first-order valence-electron chi connectivity index (χ1n) is 5.88. The number of halogens is 1.